The van der Waals surface area contributed by atoms with E-state index in [4.69, 9.17) is 4.74 Å². The van der Waals surface area contributed by atoms with E-state index in [0.29, 0.717) is 6.61 Å². The number of para-hydroxylation sites is 1. The average Bonchev–Trinajstić information content (AvgIpc) is 3.08. The van der Waals surface area contributed by atoms with Crippen LogP contribution in [0.5, 0.6) is 0 Å². The predicted octanol–water partition coefficient (Wildman–Crippen LogP) is 2.46. The highest BCUT2D eigenvalue weighted by Crippen LogP contribution is 2.17. The summed E-state index contributed by atoms with van der Waals surface area (Å²) < 4.78 is 5.52. The van der Waals surface area contributed by atoms with Crippen molar-refractivity contribution >= 4 is 22.7 Å². The van der Waals surface area contributed by atoms with Crippen LogP contribution in [-0.2, 0) is 27.4 Å². The molecule has 0 radical (unpaired) electrons. The summed E-state index contributed by atoms with van der Waals surface area (Å²) in [6.45, 7) is 1.98. The zero-order valence-electron chi connectivity index (χ0n) is 14.5. The summed E-state index contributed by atoms with van der Waals surface area (Å²) in [5.41, 5.74) is 7.67. The highest BCUT2D eigenvalue weighted by atomic mass is 16.5. The number of amides is 2. The van der Waals surface area contributed by atoms with Crippen molar-refractivity contribution in [1.29, 1.82) is 0 Å². The molecule has 134 valence electrons. The molecular weight excluding hydrogens is 330 g/mol. The van der Waals surface area contributed by atoms with Gasteiger partial charge in [-0.05, 0) is 24.1 Å². The molecule has 1 heterocycles. The molecule has 6 heteroatoms. The Labute approximate surface area is 151 Å². The van der Waals surface area contributed by atoms with Crippen LogP contribution in [-0.4, -0.2) is 22.9 Å². The standard InChI is InChI=1S/C20H21N3O3/c1-14(26-13-15-7-3-2-4-8-15)20(25)23-22-19(24)11-16-12-21-18-10-6-5-9-17(16)18/h2-10,12,14,21H,11,13H2,1H3,(H,22,24)(H,23,25). The van der Waals surface area contributed by atoms with Crippen molar-refractivity contribution < 1.29 is 14.3 Å². The van der Waals surface area contributed by atoms with Crippen LogP contribution in [0.4, 0.5) is 0 Å². The zero-order valence-corrected chi connectivity index (χ0v) is 14.5. The third kappa shape index (κ3) is 4.49. The van der Waals surface area contributed by atoms with Gasteiger partial charge in [-0.3, -0.25) is 20.4 Å². The average molecular weight is 351 g/mol. The molecule has 2 amide bonds. The van der Waals surface area contributed by atoms with Gasteiger partial charge in [-0.15, -0.1) is 0 Å². The van der Waals surface area contributed by atoms with Gasteiger partial charge in [0.2, 0.25) is 5.91 Å². The maximum Gasteiger partial charge on any atom is 0.267 e. The van der Waals surface area contributed by atoms with Crippen LogP contribution in [0.2, 0.25) is 0 Å². The predicted molar refractivity (Wildman–Crippen MR) is 99.0 cm³/mol. The molecule has 0 saturated carbocycles. The van der Waals surface area contributed by atoms with Crippen LogP contribution in [0.15, 0.2) is 60.8 Å². The Morgan fingerprint density at radius 1 is 1.04 bits per heavy atom. The van der Waals surface area contributed by atoms with Gasteiger partial charge in [-0.2, -0.15) is 0 Å². The lowest BCUT2D eigenvalue weighted by atomic mass is 10.1. The highest BCUT2D eigenvalue weighted by molar-refractivity contribution is 5.90. The smallest absolute Gasteiger partial charge is 0.267 e. The van der Waals surface area contributed by atoms with E-state index in [1.54, 1.807) is 13.1 Å². The van der Waals surface area contributed by atoms with Gasteiger partial charge in [0.05, 0.1) is 13.0 Å². The molecule has 3 N–H and O–H groups in total. The maximum atomic E-state index is 12.1. The number of nitrogens with one attached hydrogen (secondary N) is 3. The minimum atomic E-state index is -0.677. The Bertz CT molecular complexity index is 889. The van der Waals surface area contributed by atoms with Gasteiger partial charge in [0.15, 0.2) is 0 Å². The molecule has 1 aromatic heterocycles. The third-order valence-electron chi connectivity index (χ3n) is 4.06. The summed E-state index contributed by atoms with van der Waals surface area (Å²) in [6.07, 6.45) is 1.30. The molecule has 1 atom stereocenters. The molecule has 1 unspecified atom stereocenters. The van der Waals surface area contributed by atoms with Crippen molar-refractivity contribution in [3.05, 3.63) is 71.9 Å². The molecule has 3 aromatic rings. The lowest BCUT2D eigenvalue weighted by Gasteiger charge is -2.14. The van der Waals surface area contributed by atoms with E-state index < -0.39 is 12.0 Å². The summed E-state index contributed by atoms with van der Waals surface area (Å²) in [4.78, 5) is 27.2. The molecule has 0 fully saturated rings. The largest absolute Gasteiger partial charge is 0.364 e. The molecule has 0 aliphatic rings. The Kier molecular flexibility index (Phi) is 5.66. The van der Waals surface area contributed by atoms with Crippen LogP contribution in [0.25, 0.3) is 10.9 Å². The van der Waals surface area contributed by atoms with E-state index in [-0.39, 0.29) is 12.3 Å². The molecule has 0 spiro atoms. The monoisotopic (exact) mass is 351 g/mol. The number of carbonyl (C=O) groups is 2. The van der Waals surface area contributed by atoms with Crippen molar-refractivity contribution in [2.24, 2.45) is 0 Å². The second kappa shape index (κ2) is 8.31. The number of ether oxygens (including phenoxy) is 1. The summed E-state index contributed by atoms with van der Waals surface area (Å²) >= 11 is 0. The summed E-state index contributed by atoms with van der Waals surface area (Å²) in [5, 5.41) is 0.994. The fourth-order valence-corrected chi connectivity index (χ4v) is 2.60. The van der Waals surface area contributed by atoms with Crippen molar-refractivity contribution in [1.82, 2.24) is 15.8 Å². The molecule has 0 bridgehead atoms. The number of hydrogen-bond donors (Lipinski definition) is 3. The molecule has 0 saturated heterocycles. The normalized spacial score (nSPS) is 11.9. The molecular formula is C20H21N3O3. The summed E-state index contributed by atoms with van der Waals surface area (Å²) in [6, 6.07) is 17.3. The minimum Gasteiger partial charge on any atom is -0.364 e. The topological polar surface area (TPSA) is 83.2 Å². The van der Waals surface area contributed by atoms with Crippen LogP contribution >= 0.6 is 0 Å². The molecule has 26 heavy (non-hydrogen) atoms. The zero-order chi connectivity index (χ0) is 18.4. The van der Waals surface area contributed by atoms with E-state index in [1.807, 2.05) is 54.6 Å². The number of hydrogen-bond acceptors (Lipinski definition) is 3. The second-order valence-electron chi connectivity index (χ2n) is 6.01. The van der Waals surface area contributed by atoms with Gasteiger partial charge in [-0.1, -0.05) is 48.5 Å². The number of rotatable bonds is 6. The van der Waals surface area contributed by atoms with Crippen LogP contribution in [0, 0.1) is 0 Å². The number of carbonyl (C=O) groups excluding carboxylic acids is 2. The van der Waals surface area contributed by atoms with Crippen molar-refractivity contribution in [2.75, 3.05) is 0 Å². The van der Waals surface area contributed by atoms with E-state index in [1.165, 1.54) is 0 Å². The van der Waals surface area contributed by atoms with E-state index >= 15 is 0 Å². The summed E-state index contributed by atoms with van der Waals surface area (Å²) in [7, 11) is 0. The highest BCUT2D eigenvalue weighted by Gasteiger charge is 2.15. The van der Waals surface area contributed by atoms with Gasteiger partial charge < -0.3 is 9.72 Å². The van der Waals surface area contributed by atoms with Crippen LogP contribution in [0.3, 0.4) is 0 Å². The van der Waals surface area contributed by atoms with Gasteiger partial charge >= 0.3 is 0 Å². The van der Waals surface area contributed by atoms with Crippen molar-refractivity contribution in [2.45, 2.75) is 26.1 Å². The van der Waals surface area contributed by atoms with Crippen molar-refractivity contribution in [3.8, 4) is 0 Å². The molecule has 6 nitrogen and oxygen atoms in total. The first-order chi connectivity index (χ1) is 12.6. The fourth-order valence-electron chi connectivity index (χ4n) is 2.60. The van der Waals surface area contributed by atoms with E-state index in [9.17, 15) is 9.59 Å². The minimum absolute atomic E-state index is 0.170. The Morgan fingerprint density at radius 3 is 2.58 bits per heavy atom. The van der Waals surface area contributed by atoms with Gasteiger partial charge in [0, 0.05) is 17.1 Å². The molecule has 3 rings (SSSR count). The Hall–Kier alpha value is -3.12. The first-order valence-electron chi connectivity index (χ1n) is 8.42. The third-order valence-corrected chi connectivity index (χ3v) is 4.06. The van der Waals surface area contributed by atoms with Gasteiger partial charge in [0.25, 0.3) is 5.91 Å². The van der Waals surface area contributed by atoms with Crippen LogP contribution < -0.4 is 10.9 Å². The Morgan fingerprint density at radius 2 is 1.77 bits per heavy atom. The number of fused-ring (bicyclic) bond motifs is 1. The first kappa shape index (κ1) is 17.7. The maximum absolute atomic E-state index is 12.1. The first-order valence-corrected chi connectivity index (χ1v) is 8.42. The SMILES string of the molecule is CC(OCc1ccccc1)C(=O)NNC(=O)Cc1c[nH]c2ccccc12. The van der Waals surface area contributed by atoms with Gasteiger partial charge in [0.1, 0.15) is 6.10 Å². The quantitative estimate of drug-likeness (QED) is 0.597. The number of aromatic amines is 1. The number of hydrazine groups is 1. The van der Waals surface area contributed by atoms with E-state index in [0.717, 1.165) is 22.0 Å². The molecule has 0 aliphatic heterocycles. The Balaban J connectivity index is 1.45. The van der Waals surface area contributed by atoms with E-state index in [2.05, 4.69) is 15.8 Å². The molecule has 2 aromatic carbocycles. The van der Waals surface area contributed by atoms with Crippen LogP contribution in [0.1, 0.15) is 18.1 Å². The fraction of sp³-hybridized carbons (Fsp3) is 0.200. The van der Waals surface area contributed by atoms with Gasteiger partial charge in [-0.25, -0.2) is 0 Å². The second-order valence-corrected chi connectivity index (χ2v) is 6.01. The number of aromatic nitrogens is 1. The van der Waals surface area contributed by atoms with Crippen molar-refractivity contribution in [3.63, 3.8) is 0 Å². The lowest BCUT2D eigenvalue weighted by molar-refractivity contribution is -0.136. The lowest BCUT2D eigenvalue weighted by Crippen LogP contribution is -2.46. The number of H-pyrrole nitrogens is 1. The summed E-state index contributed by atoms with van der Waals surface area (Å²) in [5.74, 6) is -0.688. The molecule has 0 aliphatic carbocycles. The number of benzene rings is 2.